The molecule has 168 valence electrons. The number of ether oxygens (including phenoxy) is 3. The zero-order valence-corrected chi connectivity index (χ0v) is 20.7. The van der Waals surface area contributed by atoms with Gasteiger partial charge in [0.1, 0.15) is 0 Å². The molecule has 1 aliphatic carbocycles. The summed E-state index contributed by atoms with van der Waals surface area (Å²) in [7, 11) is 1.59. The van der Waals surface area contributed by atoms with E-state index in [1.54, 1.807) is 19.2 Å². The third-order valence-electron chi connectivity index (χ3n) is 5.96. The second-order valence-corrected chi connectivity index (χ2v) is 11.4. The summed E-state index contributed by atoms with van der Waals surface area (Å²) in [5.41, 5.74) is 2.99. The van der Waals surface area contributed by atoms with Crippen LogP contribution in [0.1, 0.15) is 68.9 Å². The molecule has 1 heterocycles. The summed E-state index contributed by atoms with van der Waals surface area (Å²) in [5.74, 6) is -0.185. The molecule has 0 aliphatic heterocycles. The SMILES string of the molecule is COC(C)OCOc1cc2c(cc1[Se]c1ccc(C(=O)O)cn1)C(C)(C)CCC2(C)C. The van der Waals surface area contributed by atoms with Gasteiger partial charge in [-0.3, -0.25) is 0 Å². The Labute approximate surface area is 190 Å². The van der Waals surface area contributed by atoms with E-state index >= 15 is 0 Å². The van der Waals surface area contributed by atoms with Crippen molar-refractivity contribution in [3.63, 3.8) is 0 Å². The van der Waals surface area contributed by atoms with Crippen LogP contribution in [0, 0.1) is 0 Å². The van der Waals surface area contributed by atoms with Crippen molar-refractivity contribution in [3.05, 3.63) is 47.2 Å². The van der Waals surface area contributed by atoms with E-state index < -0.39 is 5.97 Å². The van der Waals surface area contributed by atoms with E-state index in [4.69, 9.17) is 19.3 Å². The molecule has 1 aliphatic rings. The molecule has 6 nitrogen and oxygen atoms in total. The normalized spacial score (nSPS) is 17.6. The topological polar surface area (TPSA) is 77.9 Å². The molecule has 31 heavy (non-hydrogen) atoms. The fraction of sp³-hybridized carbons (Fsp3) is 0.500. The zero-order chi connectivity index (χ0) is 22.8. The van der Waals surface area contributed by atoms with Gasteiger partial charge in [-0.15, -0.1) is 0 Å². The molecule has 1 aromatic heterocycles. The van der Waals surface area contributed by atoms with Crippen molar-refractivity contribution >= 4 is 30.0 Å². The molecule has 1 unspecified atom stereocenters. The van der Waals surface area contributed by atoms with Gasteiger partial charge in [0.2, 0.25) is 0 Å². The number of aromatic carboxylic acids is 1. The van der Waals surface area contributed by atoms with Gasteiger partial charge in [0.15, 0.2) is 0 Å². The van der Waals surface area contributed by atoms with Crippen LogP contribution in [0.5, 0.6) is 5.75 Å². The van der Waals surface area contributed by atoms with Crippen molar-refractivity contribution in [1.82, 2.24) is 4.98 Å². The zero-order valence-electron chi connectivity index (χ0n) is 19.0. The van der Waals surface area contributed by atoms with E-state index in [0.29, 0.717) is 0 Å². The van der Waals surface area contributed by atoms with Crippen molar-refractivity contribution < 1.29 is 24.1 Å². The van der Waals surface area contributed by atoms with E-state index in [2.05, 4.69) is 44.8 Å². The first-order valence-corrected chi connectivity index (χ1v) is 12.1. The summed E-state index contributed by atoms with van der Waals surface area (Å²) in [6, 6.07) is 7.81. The van der Waals surface area contributed by atoms with E-state index in [9.17, 15) is 4.79 Å². The average molecular weight is 492 g/mol. The first-order chi connectivity index (χ1) is 14.5. The van der Waals surface area contributed by atoms with E-state index in [1.807, 2.05) is 6.92 Å². The first-order valence-electron chi connectivity index (χ1n) is 10.4. The average Bonchev–Trinajstić information content (AvgIpc) is 2.72. The van der Waals surface area contributed by atoms with Crippen LogP contribution >= 0.6 is 0 Å². The standard InChI is InChI=1S/C24H31NO5Se/c1-15(28-6)29-14-30-19-11-17-18(24(4,5)10-9-23(17,2)3)12-20(19)31-21-8-7-16(13-25-21)22(26)27/h7-8,11-13,15H,9-10,14H2,1-6H3,(H,26,27). The molecule has 3 rings (SSSR count). The molecule has 2 aromatic rings. The quantitative estimate of drug-likeness (QED) is 0.451. The van der Waals surface area contributed by atoms with Crippen molar-refractivity contribution in [1.29, 1.82) is 0 Å². The van der Waals surface area contributed by atoms with Gasteiger partial charge in [-0.1, -0.05) is 0 Å². The Morgan fingerprint density at radius 2 is 1.81 bits per heavy atom. The Morgan fingerprint density at radius 3 is 2.35 bits per heavy atom. The van der Waals surface area contributed by atoms with Crippen LogP contribution < -0.4 is 13.8 Å². The molecule has 0 amide bonds. The van der Waals surface area contributed by atoms with Crippen LogP contribution in [0.3, 0.4) is 0 Å². The monoisotopic (exact) mass is 493 g/mol. The molecule has 0 spiro atoms. The Hall–Kier alpha value is -1.92. The number of nitrogens with zero attached hydrogens (tertiary/aromatic N) is 1. The van der Waals surface area contributed by atoms with Crippen LogP contribution in [0.4, 0.5) is 0 Å². The van der Waals surface area contributed by atoms with Gasteiger partial charge in [-0.05, 0) is 0 Å². The fourth-order valence-corrected chi connectivity index (χ4v) is 5.52. The van der Waals surface area contributed by atoms with Gasteiger partial charge in [0.25, 0.3) is 0 Å². The first kappa shape index (κ1) is 23.7. The van der Waals surface area contributed by atoms with Gasteiger partial charge >= 0.3 is 190 Å². The molecule has 1 atom stereocenters. The number of carbonyl (C=O) groups is 1. The molecule has 0 fully saturated rings. The number of carboxylic acids is 1. The molecule has 7 heteroatoms. The number of aromatic nitrogens is 1. The molecule has 0 radical (unpaired) electrons. The third kappa shape index (κ3) is 5.47. The summed E-state index contributed by atoms with van der Waals surface area (Å²) in [6.45, 7) is 11.1. The summed E-state index contributed by atoms with van der Waals surface area (Å²) < 4.78 is 18.7. The maximum absolute atomic E-state index is 11.1. The van der Waals surface area contributed by atoms with Crippen LogP contribution in [-0.2, 0) is 20.3 Å². The molecule has 1 aromatic carbocycles. The van der Waals surface area contributed by atoms with Crippen LogP contribution in [0.25, 0.3) is 0 Å². The van der Waals surface area contributed by atoms with Gasteiger partial charge in [0.05, 0.1) is 0 Å². The third-order valence-corrected chi connectivity index (χ3v) is 8.04. The van der Waals surface area contributed by atoms with E-state index in [0.717, 1.165) is 27.6 Å². The number of rotatable bonds is 8. The van der Waals surface area contributed by atoms with Crippen molar-refractivity contribution in [2.45, 2.75) is 64.6 Å². The van der Waals surface area contributed by atoms with Gasteiger partial charge < -0.3 is 0 Å². The Bertz CT molecular complexity index is 940. The van der Waals surface area contributed by atoms with Crippen molar-refractivity contribution in [2.24, 2.45) is 0 Å². The van der Waals surface area contributed by atoms with Crippen LogP contribution in [0.15, 0.2) is 30.5 Å². The van der Waals surface area contributed by atoms with Crippen LogP contribution in [0.2, 0.25) is 0 Å². The Balaban J connectivity index is 1.99. The molecule has 0 bridgehead atoms. The predicted octanol–water partition coefficient (Wildman–Crippen LogP) is 3.13. The number of pyridine rings is 1. The molecule has 0 saturated carbocycles. The molecule has 1 N–H and O–H groups in total. The molecular weight excluding hydrogens is 461 g/mol. The minimum absolute atomic E-state index is 0.0660. The number of hydrogen-bond acceptors (Lipinski definition) is 5. The maximum atomic E-state index is 11.1. The second kappa shape index (κ2) is 9.29. The van der Waals surface area contributed by atoms with Crippen molar-refractivity contribution in [2.75, 3.05) is 13.9 Å². The number of methoxy groups -OCH3 is 1. The summed E-state index contributed by atoms with van der Waals surface area (Å²) >= 11 is -0.147. The minimum atomic E-state index is -0.974. The summed E-state index contributed by atoms with van der Waals surface area (Å²) in [5, 5.41) is 9.13. The summed E-state index contributed by atoms with van der Waals surface area (Å²) in [4.78, 5) is 15.5. The van der Waals surface area contributed by atoms with Gasteiger partial charge in [-0.25, -0.2) is 0 Å². The second-order valence-electron chi connectivity index (χ2n) is 9.14. The molecule has 0 saturated heterocycles. The fourth-order valence-electron chi connectivity index (χ4n) is 3.71. The van der Waals surface area contributed by atoms with Gasteiger partial charge in [-0.2, -0.15) is 0 Å². The summed E-state index contributed by atoms with van der Waals surface area (Å²) in [6.07, 6.45) is 3.30. The Morgan fingerprint density at radius 1 is 1.16 bits per heavy atom. The number of fused-ring (bicyclic) bond motifs is 1. The number of benzene rings is 1. The van der Waals surface area contributed by atoms with E-state index in [1.165, 1.54) is 17.3 Å². The van der Waals surface area contributed by atoms with Gasteiger partial charge in [0, 0.05) is 0 Å². The Kier molecular flexibility index (Phi) is 7.11. The predicted molar refractivity (Wildman–Crippen MR) is 121 cm³/mol. The van der Waals surface area contributed by atoms with Crippen molar-refractivity contribution in [3.8, 4) is 5.75 Å². The molecular formula is C24H31NO5Se. The number of hydrogen-bond donors (Lipinski definition) is 1. The van der Waals surface area contributed by atoms with E-state index in [-0.39, 0.29) is 44.4 Å². The van der Waals surface area contributed by atoms with Crippen LogP contribution in [-0.4, -0.2) is 51.2 Å². The number of carboxylic acid groups (broad SMARTS) is 1.